The van der Waals surface area contributed by atoms with Crippen LogP contribution in [0.15, 0.2) is 43.5 Å². The van der Waals surface area contributed by atoms with E-state index in [1.54, 1.807) is 0 Å². The summed E-state index contributed by atoms with van der Waals surface area (Å²) in [5.74, 6) is -0.486. The highest BCUT2D eigenvalue weighted by molar-refractivity contribution is 5.98. The van der Waals surface area contributed by atoms with Crippen molar-refractivity contribution in [1.29, 1.82) is 0 Å². The van der Waals surface area contributed by atoms with E-state index >= 15 is 0 Å². The van der Waals surface area contributed by atoms with Crippen LogP contribution in [0.25, 0.3) is 50.4 Å². The summed E-state index contributed by atoms with van der Waals surface area (Å²) in [6.07, 6.45) is 5.17. The Morgan fingerprint density at radius 2 is 1.24 bits per heavy atom. The molecular formula is C38H42N4O4. The number of allylic oxidation sites excluding steroid dienone is 5. The number of aromatic nitrogens is 4. The van der Waals surface area contributed by atoms with Crippen molar-refractivity contribution in [2.45, 2.75) is 67.2 Å². The van der Waals surface area contributed by atoms with Crippen molar-refractivity contribution in [2.75, 3.05) is 13.2 Å². The van der Waals surface area contributed by atoms with E-state index in [0.717, 1.165) is 89.4 Å². The van der Waals surface area contributed by atoms with E-state index in [4.69, 9.17) is 19.4 Å². The normalized spacial score (nSPS) is 12.8. The fraction of sp³-hybridized carbons (Fsp3) is 0.316. The van der Waals surface area contributed by atoms with Gasteiger partial charge in [-0.2, -0.15) is 0 Å². The molecule has 0 saturated heterocycles. The van der Waals surface area contributed by atoms with Crippen LogP contribution >= 0.6 is 0 Å². The Hall–Kier alpha value is -4.98. The van der Waals surface area contributed by atoms with Crippen molar-refractivity contribution in [2.24, 2.45) is 0 Å². The summed E-state index contributed by atoms with van der Waals surface area (Å²) in [6, 6.07) is 8.18. The molecule has 3 aromatic rings. The Bertz CT molecular complexity index is 1990. The lowest BCUT2D eigenvalue weighted by Crippen LogP contribution is -2.05. The average Bonchev–Trinajstić information content (AvgIpc) is 3.68. The van der Waals surface area contributed by atoms with Gasteiger partial charge in [0.05, 0.1) is 36.0 Å². The lowest BCUT2D eigenvalue weighted by atomic mass is 10.00. The lowest BCUT2D eigenvalue weighted by Gasteiger charge is -2.05. The molecule has 0 aromatic carbocycles. The molecule has 5 heterocycles. The molecule has 0 fully saturated rings. The molecule has 46 heavy (non-hydrogen) atoms. The van der Waals surface area contributed by atoms with E-state index < -0.39 is 0 Å². The fourth-order valence-corrected chi connectivity index (χ4v) is 6.23. The van der Waals surface area contributed by atoms with Crippen molar-refractivity contribution >= 4 is 62.4 Å². The van der Waals surface area contributed by atoms with E-state index in [-0.39, 0.29) is 24.8 Å². The third-order valence-corrected chi connectivity index (χ3v) is 8.81. The number of rotatable bonds is 10. The smallest absolute Gasteiger partial charge is 0.306 e. The van der Waals surface area contributed by atoms with Crippen molar-refractivity contribution in [3.05, 3.63) is 88.5 Å². The summed E-state index contributed by atoms with van der Waals surface area (Å²) in [6.45, 7) is 20.7. The second-order valence-electron chi connectivity index (χ2n) is 11.5. The van der Waals surface area contributed by atoms with Gasteiger partial charge in [-0.1, -0.05) is 25.3 Å². The van der Waals surface area contributed by atoms with Crippen LogP contribution < -0.4 is 0 Å². The number of esters is 2. The number of fused-ring (bicyclic) bond motifs is 8. The number of hydrogen-bond donors (Lipinski definition) is 2. The van der Waals surface area contributed by atoms with Crippen molar-refractivity contribution < 1.29 is 19.1 Å². The van der Waals surface area contributed by atoms with E-state index in [1.165, 1.54) is 0 Å². The largest absolute Gasteiger partial charge is 0.466 e. The van der Waals surface area contributed by atoms with Crippen LogP contribution in [0.2, 0.25) is 0 Å². The maximum atomic E-state index is 12.4. The van der Waals surface area contributed by atoms with Gasteiger partial charge in [0.25, 0.3) is 0 Å². The Morgan fingerprint density at radius 1 is 0.696 bits per heavy atom. The van der Waals surface area contributed by atoms with Crippen LogP contribution in [0, 0.1) is 13.8 Å². The van der Waals surface area contributed by atoms with E-state index in [1.807, 2.05) is 45.1 Å². The van der Waals surface area contributed by atoms with Crippen molar-refractivity contribution in [1.82, 2.24) is 19.9 Å². The number of H-pyrrole nitrogens is 2. The number of carbonyl (C=O) groups excluding carboxylic acids is 2. The fourth-order valence-electron chi connectivity index (χ4n) is 6.23. The van der Waals surface area contributed by atoms with Crippen molar-refractivity contribution in [3.63, 3.8) is 0 Å². The number of hydrogen-bond acceptors (Lipinski definition) is 6. The summed E-state index contributed by atoms with van der Waals surface area (Å²) in [5, 5.41) is 0. The standard InChI is InChI=1S/C38H42N4O4/c1-9-25-21(5)29-17-30-23(7)27(13-15-37(43)45-11-3)35(41-30)20-36-28(14-16-38(44)46-12-4)24(8)32(42-36)19-34-26(10-2)22(6)31(40-34)18-33(25)39-29/h9-10,17-20,39,42H,1-2,11-16H2,3-8H3. The van der Waals surface area contributed by atoms with Gasteiger partial charge in [0.2, 0.25) is 0 Å². The predicted octanol–water partition coefficient (Wildman–Crippen LogP) is 8.46. The topological polar surface area (TPSA) is 110 Å². The van der Waals surface area contributed by atoms with E-state index in [2.05, 4.69) is 56.0 Å². The zero-order valence-electron chi connectivity index (χ0n) is 27.6. The highest BCUT2D eigenvalue weighted by atomic mass is 16.5. The van der Waals surface area contributed by atoms with Crippen LogP contribution in [0.1, 0.15) is 92.0 Å². The Balaban J connectivity index is 1.86. The van der Waals surface area contributed by atoms with Gasteiger partial charge >= 0.3 is 11.9 Å². The molecule has 0 amide bonds. The molecule has 2 N–H and O–H groups in total. The van der Waals surface area contributed by atoms with Gasteiger partial charge in [-0.05, 0) is 112 Å². The SMILES string of the molecule is C=CC1=C(C)c2cc3[nH]c(cc4nc(cc5[nH]c(cc1n2)c(C)c5CCC(=O)OCC)C(CCC(=O)OCC)=C4C)c(C)c3C=C. The van der Waals surface area contributed by atoms with Gasteiger partial charge in [0, 0.05) is 46.0 Å². The van der Waals surface area contributed by atoms with Crippen LogP contribution in [0.3, 0.4) is 0 Å². The molecule has 8 heteroatoms. The monoisotopic (exact) mass is 618 g/mol. The molecule has 0 spiro atoms. The molecule has 238 valence electrons. The van der Waals surface area contributed by atoms with Crippen molar-refractivity contribution in [3.8, 4) is 0 Å². The van der Waals surface area contributed by atoms with Gasteiger partial charge in [0.15, 0.2) is 0 Å². The summed E-state index contributed by atoms with van der Waals surface area (Å²) in [5.41, 5.74) is 14.8. The van der Waals surface area contributed by atoms with Crippen LogP contribution in [-0.4, -0.2) is 45.1 Å². The molecule has 0 aliphatic carbocycles. The summed E-state index contributed by atoms with van der Waals surface area (Å²) in [7, 11) is 0. The lowest BCUT2D eigenvalue weighted by molar-refractivity contribution is -0.143. The zero-order valence-corrected chi connectivity index (χ0v) is 27.6. The van der Waals surface area contributed by atoms with Crippen LogP contribution in [0.4, 0.5) is 0 Å². The molecule has 8 bridgehead atoms. The van der Waals surface area contributed by atoms with Crippen LogP contribution in [-0.2, 0) is 25.5 Å². The molecular weight excluding hydrogens is 576 g/mol. The average molecular weight is 619 g/mol. The highest BCUT2D eigenvalue weighted by Crippen LogP contribution is 2.36. The zero-order chi connectivity index (χ0) is 33.1. The van der Waals surface area contributed by atoms with Crippen LogP contribution in [0.5, 0.6) is 0 Å². The molecule has 0 radical (unpaired) electrons. The molecule has 2 aliphatic heterocycles. The second-order valence-corrected chi connectivity index (χ2v) is 11.5. The maximum absolute atomic E-state index is 12.4. The number of ether oxygens (including phenoxy) is 2. The van der Waals surface area contributed by atoms with Gasteiger partial charge in [-0.25, -0.2) is 9.97 Å². The molecule has 3 aromatic heterocycles. The summed E-state index contributed by atoms with van der Waals surface area (Å²) in [4.78, 5) is 42.2. The molecule has 0 atom stereocenters. The number of carbonyl (C=O) groups is 2. The Labute approximate surface area is 270 Å². The second kappa shape index (κ2) is 13.6. The van der Waals surface area contributed by atoms with Gasteiger partial charge < -0.3 is 19.4 Å². The predicted molar refractivity (Wildman–Crippen MR) is 187 cm³/mol. The third-order valence-electron chi connectivity index (χ3n) is 8.81. The number of nitrogens with one attached hydrogen (secondary N) is 2. The Kier molecular flexibility index (Phi) is 9.56. The van der Waals surface area contributed by atoms with E-state index in [0.29, 0.717) is 26.1 Å². The minimum Gasteiger partial charge on any atom is -0.466 e. The Morgan fingerprint density at radius 3 is 1.89 bits per heavy atom. The number of aryl methyl sites for hydroxylation is 3. The molecule has 0 unspecified atom stereocenters. The quantitative estimate of drug-likeness (QED) is 0.221. The number of aromatic amines is 2. The minimum atomic E-state index is -0.244. The number of nitrogens with zero attached hydrogens (tertiary/aromatic N) is 2. The summed E-state index contributed by atoms with van der Waals surface area (Å²) < 4.78 is 10.5. The molecule has 5 rings (SSSR count). The molecule has 8 nitrogen and oxygen atoms in total. The first-order valence-electron chi connectivity index (χ1n) is 15.8. The van der Waals surface area contributed by atoms with Gasteiger partial charge in [-0.3, -0.25) is 9.59 Å². The van der Waals surface area contributed by atoms with E-state index in [9.17, 15) is 9.59 Å². The maximum Gasteiger partial charge on any atom is 0.306 e. The third kappa shape index (κ3) is 6.25. The highest BCUT2D eigenvalue weighted by Gasteiger charge is 2.21. The first kappa shape index (κ1) is 32.4. The van der Waals surface area contributed by atoms with Gasteiger partial charge in [-0.15, -0.1) is 0 Å². The first-order chi connectivity index (χ1) is 22.1. The summed E-state index contributed by atoms with van der Waals surface area (Å²) >= 11 is 0. The molecule has 0 saturated carbocycles. The molecule has 2 aliphatic rings. The minimum absolute atomic E-state index is 0.242. The first-order valence-corrected chi connectivity index (χ1v) is 15.8. The van der Waals surface area contributed by atoms with Gasteiger partial charge in [0.1, 0.15) is 0 Å².